The Morgan fingerprint density at radius 1 is 1.08 bits per heavy atom. The van der Waals surface area contributed by atoms with Gasteiger partial charge in [-0.15, -0.1) is 10.2 Å². The summed E-state index contributed by atoms with van der Waals surface area (Å²) in [5.41, 5.74) is 0.792. The van der Waals surface area contributed by atoms with Gasteiger partial charge in [-0.05, 0) is 30.5 Å². The number of hydrogen-bond acceptors (Lipinski definition) is 7. The van der Waals surface area contributed by atoms with Crippen molar-refractivity contribution in [2.24, 2.45) is 5.92 Å². The molecule has 0 radical (unpaired) electrons. The second-order valence-corrected chi connectivity index (χ2v) is 6.63. The summed E-state index contributed by atoms with van der Waals surface area (Å²) < 4.78 is 21.8. The van der Waals surface area contributed by atoms with Crippen LogP contribution >= 0.6 is 11.8 Å². The molecule has 0 aliphatic rings. The van der Waals surface area contributed by atoms with Crippen LogP contribution in [0.2, 0.25) is 0 Å². The quantitative estimate of drug-likeness (QED) is 0.474. The lowest BCUT2D eigenvalue weighted by molar-refractivity contribution is 0.138. The summed E-state index contributed by atoms with van der Waals surface area (Å²) >= 11 is 1.49. The maximum Gasteiger partial charge on any atom is 0.276 e. The zero-order valence-electron chi connectivity index (χ0n) is 14.6. The molecule has 0 amide bonds. The molecule has 1 aromatic carbocycles. The summed E-state index contributed by atoms with van der Waals surface area (Å²) in [5.74, 6) is 3.19. The van der Waals surface area contributed by atoms with Crippen molar-refractivity contribution in [1.29, 1.82) is 0 Å². The average Bonchev–Trinajstić information content (AvgIpc) is 3.06. The Bertz CT molecular complexity index is 631. The van der Waals surface area contributed by atoms with E-state index in [2.05, 4.69) is 24.0 Å². The number of ether oxygens (including phenoxy) is 3. The number of methoxy groups -OCH3 is 2. The van der Waals surface area contributed by atoms with Crippen LogP contribution < -0.4 is 9.47 Å². The fourth-order valence-corrected chi connectivity index (χ4v) is 2.58. The van der Waals surface area contributed by atoms with E-state index in [0.29, 0.717) is 35.1 Å². The van der Waals surface area contributed by atoms with Crippen molar-refractivity contribution in [3.05, 3.63) is 18.2 Å². The normalized spacial score (nSPS) is 11.0. The van der Waals surface area contributed by atoms with Crippen molar-refractivity contribution in [2.45, 2.75) is 25.5 Å². The summed E-state index contributed by atoms with van der Waals surface area (Å²) in [6.07, 6.45) is 1.08. The molecule has 0 unspecified atom stereocenters. The molecule has 24 heavy (non-hydrogen) atoms. The van der Waals surface area contributed by atoms with Gasteiger partial charge in [0.1, 0.15) is 0 Å². The van der Waals surface area contributed by atoms with Gasteiger partial charge >= 0.3 is 0 Å². The van der Waals surface area contributed by atoms with Gasteiger partial charge < -0.3 is 18.6 Å². The molecule has 0 spiro atoms. The fraction of sp³-hybridized carbons (Fsp3) is 0.529. The van der Waals surface area contributed by atoms with Gasteiger partial charge in [-0.3, -0.25) is 0 Å². The van der Waals surface area contributed by atoms with E-state index in [-0.39, 0.29) is 0 Å². The van der Waals surface area contributed by atoms with Gasteiger partial charge in [-0.25, -0.2) is 0 Å². The highest BCUT2D eigenvalue weighted by molar-refractivity contribution is 7.99. The van der Waals surface area contributed by atoms with Crippen LogP contribution in [0, 0.1) is 5.92 Å². The number of aromatic nitrogens is 2. The van der Waals surface area contributed by atoms with Crippen molar-refractivity contribution in [3.63, 3.8) is 0 Å². The van der Waals surface area contributed by atoms with E-state index >= 15 is 0 Å². The van der Waals surface area contributed by atoms with Gasteiger partial charge in [0.2, 0.25) is 5.89 Å². The van der Waals surface area contributed by atoms with Gasteiger partial charge in [0.15, 0.2) is 11.5 Å². The van der Waals surface area contributed by atoms with Gasteiger partial charge in [-0.1, -0.05) is 25.6 Å². The number of hydrogen-bond donors (Lipinski definition) is 0. The smallest absolute Gasteiger partial charge is 0.276 e. The Labute approximate surface area is 146 Å². The number of thioether (sulfide) groups is 1. The second-order valence-electron chi connectivity index (χ2n) is 5.59. The molecule has 0 fully saturated rings. The Morgan fingerprint density at radius 3 is 2.58 bits per heavy atom. The maximum absolute atomic E-state index is 5.68. The van der Waals surface area contributed by atoms with Gasteiger partial charge in [-0.2, -0.15) is 0 Å². The lowest BCUT2D eigenvalue weighted by atomic mass is 10.1. The highest BCUT2D eigenvalue weighted by atomic mass is 32.2. The first-order valence-electron chi connectivity index (χ1n) is 7.90. The monoisotopic (exact) mass is 352 g/mol. The highest BCUT2D eigenvalue weighted by Gasteiger charge is 2.12. The minimum atomic E-state index is 0.458. The van der Waals surface area contributed by atoms with Crippen LogP contribution in [-0.2, 0) is 4.74 Å². The Morgan fingerprint density at radius 2 is 1.88 bits per heavy atom. The third kappa shape index (κ3) is 5.42. The maximum atomic E-state index is 5.68. The van der Waals surface area contributed by atoms with Crippen LogP contribution in [0.4, 0.5) is 0 Å². The van der Waals surface area contributed by atoms with Crippen LogP contribution in [-0.4, -0.2) is 43.4 Å². The standard InChI is InChI=1S/C17H24N2O4S/c1-12(2)7-8-22-9-10-24-17-19-18-16(23-17)13-5-6-14(20-3)15(11-13)21-4/h5-6,11-12H,7-10H2,1-4H3. The average molecular weight is 352 g/mol. The molecule has 0 atom stereocenters. The molecule has 2 rings (SSSR count). The molecule has 2 aromatic rings. The van der Waals surface area contributed by atoms with Crippen molar-refractivity contribution in [2.75, 3.05) is 33.2 Å². The molecule has 1 heterocycles. The Hall–Kier alpha value is -1.73. The SMILES string of the molecule is COc1ccc(-c2nnc(SCCOCCC(C)C)o2)cc1OC. The summed E-state index contributed by atoms with van der Waals surface area (Å²) in [5, 5.41) is 8.67. The Kier molecular flexibility index (Phi) is 7.39. The molecule has 0 aliphatic heterocycles. The summed E-state index contributed by atoms with van der Waals surface area (Å²) in [6, 6.07) is 5.49. The lowest BCUT2D eigenvalue weighted by Crippen LogP contribution is -2.02. The predicted molar refractivity (Wildman–Crippen MR) is 93.8 cm³/mol. The van der Waals surface area contributed by atoms with E-state index in [9.17, 15) is 0 Å². The Balaban J connectivity index is 1.86. The zero-order chi connectivity index (χ0) is 17.4. The van der Waals surface area contributed by atoms with E-state index in [1.165, 1.54) is 11.8 Å². The van der Waals surface area contributed by atoms with Crippen LogP contribution in [0.3, 0.4) is 0 Å². The first-order valence-corrected chi connectivity index (χ1v) is 8.89. The van der Waals surface area contributed by atoms with Crippen molar-refractivity contribution in [3.8, 4) is 23.0 Å². The topological polar surface area (TPSA) is 66.6 Å². The molecular formula is C17H24N2O4S. The second kappa shape index (κ2) is 9.54. The first-order chi connectivity index (χ1) is 11.6. The van der Waals surface area contributed by atoms with E-state index in [1.807, 2.05) is 18.2 Å². The summed E-state index contributed by atoms with van der Waals surface area (Å²) in [6.45, 7) is 5.84. The minimum Gasteiger partial charge on any atom is -0.493 e. The molecule has 0 bridgehead atoms. The summed E-state index contributed by atoms with van der Waals surface area (Å²) in [4.78, 5) is 0. The van der Waals surface area contributed by atoms with Crippen LogP contribution in [0.5, 0.6) is 11.5 Å². The lowest BCUT2D eigenvalue weighted by Gasteiger charge is -2.07. The van der Waals surface area contributed by atoms with Crippen molar-refractivity contribution in [1.82, 2.24) is 10.2 Å². The molecule has 0 N–H and O–H groups in total. The van der Waals surface area contributed by atoms with Crippen molar-refractivity contribution >= 4 is 11.8 Å². The highest BCUT2D eigenvalue weighted by Crippen LogP contribution is 2.32. The number of rotatable bonds is 10. The first kappa shape index (κ1) is 18.6. The molecule has 132 valence electrons. The number of nitrogens with zero attached hydrogens (tertiary/aromatic N) is 2. The number of benzene rings is 1. The molecular weight excluding hydrogens is 328 g/mol. The predicted octanol–water partition coefficient (Wildman–Crippen LogP) is 3.91. The van der Waals surface area contributed by atoms with Gasteiger partial charge in [0.05, 0.1) is 20.8 Å². The third-order valence-corrected chi connectivity index (χ3v) is 4.11. The zero-order valence-corrected chi connectivity index (χ0v) is 15.4. The van der Waals surface area contributed by atoms with Crippen molar-refractivity contribution < 1.29 is 18.6 Å². The van der Waals surface area contributed by atoms with Gasteiger partial charge in [0.25, 0.3) is 5.22 Å². The van der Waals surface area contributed by atoms with Crippen LogP contribution in [0.15, 0.2) is 27.8 Å². The van der Waals surface area contributed by atoms with E-state index < -0.39 is 0 Å². The van der Waals surface area contributed by atoms with Gasteiger partial charge in [0, 0.05) is 17.9 Å². The minimum absolute atomic E-state index is 0.458. The van der Waals surface area contributed by atoms with E-state index in [4.69, 9.17) is 18.6 Å². The molecule has 0 saturated heterocycles. The van der Waals surface area contributed by atoms with Crippen LogP contribution in [0.1, 0.15) is 20.3 Å². The van der Waals surface area contributed by atoms with E-state index in [0.717, 1.165) is 24.3 Å². The summed E-state index contributed by atoms with van der Waals surface area (Å²) in [7, 11) is 3.19. The fourth-order valence-electron chi connectivity index (χ4n) is 1.96. The molecule has 7 heteroatoms. The molecule has 1 aromatic heterocycles. The molecule has 0 saturated carbocycles. The molecule has 0 aliphatic carbocycles. The van der Waals surface area contributed by atoms with Crippen LogP contribution in [0.25, 0.3) is 11.5 Å². The molecule has 6 nitrogen and oxygen atoms in total. The van der Waals surface area contributed by atoms with E-state index in [1.54, 1.807) is 14.2 Å². The largest absolute Gasteiger partial charge is 0.493 e. The third-order valence-electron chi connectivity index (χ3n) is 3.33.